The van der Waals surface area contributed by atoms with Gasteiger partial charge in [0, 0.05) is 11.9 Å². The van der Waals surface area contributed by atoms with Gasteiger partial charge in [-0.05, 0) is 34.8 Å². The van der Waals surface area contributed by atoms with E-state index in [-0.39, 0.29) is 0 Å². The van der Waals surface area contributed by atoms with E-state index < -0.39 is 0 Å². The number of rotatable bonds is 3. The van der Waals surface area contributed by atoms with Crippen molar-refractivity contribution in [1.82, 2.24) is 19.7 Å². The van der Waals surface area contributed by atoms with Crippen molar-refractivity contribution in [2.24, 2.45) is 0 Å². The second kappa shape index (κ2) is 4.74. The standard InChI is InChI=1S/C11H13BrN4/c1-3-8-5-9(4-2)16(15-8)11-10(12)6-13-7-14-11/h5-7H,3-4H2,1-2H3. The van der Waals surface area contributed by atoms with Crippen molar-refractivity contribution in [3.63, 3.8) is 0 Å². The summed E-state index contributed by atoms with van der Waals surface area (Å²) < 4.78 is 2.74. The summed E-state index contributed by atoms with van der Waals surface area (Å²) in [6.45, 7) is 4.21. The highest BCUT2D eigenvalue weighted by molar-refractivity contribution is 9.10. The summed E-state index contributed by atoms with van der Waals surface area (Å²) in [6.07, 6.45) is 5.13. The van der Waals surface area contributed by atoms with E-state index in [0.717, 1.165) is 34.5 Å². The Morgan fingerprint density at radius 3 is 2.75 bits per heavy atom. The number of hydrogen-bond acceptors (Lipinski definition) is 3. The molecule has 2 aromatic rings. The smallest absolute Gasteiger partial charge is 0.171 e. The molecule has 0 radical (unpaired) electrons. The molecule has 0 aromatic carbocycles. The SMILES string of the molecule is CCc1cc(CC)n(-c2ncncc2Br)n1. The second-order valence-corrected chi connectivity index (χ2v) is 4.29. The maximum Gasteiger partial charge on any atom is 0.171 e. The molecular formula is C11H13BrN4. The lowest BCUT2D eigenvalue weighted by molar-refractivity contribution is 0.764. The summed E-state index contributed by atoms with van der Waals surface area (Å²) in [5.41, 5.74) is 2.25. The van der Waals surface area contributed by atoms with Gasteiger partial charge in [0.15, 0.2) is 5.82 Å². The number of nitrogens with zero attached hydrogens (tertiary/aromatic N) is 4. The van der Waals surface area contributed by atoms with Crippen molar-refractivity contribution in [2.75, 3.05) is 0 Å². The predicted molar refractivity (Wildman–Crippen MR) is 65.6 cm³/mol. The van der Waals surface area contributed by atoms with Gasteiger partial charge in [0.05, 0.1) is 10.2 Å². The average Bonchev–Trinajstić information content (AvgIpc) is 2.72. The van der Waals surface area contributed by atoms with E-state index in [9.17, 15) is 0 Å². The molecule has 2 rings (SSSR count). The van der Waals surface area contributed by atoms with Crippen molar-refractivity contribution in [2.45, 2.75) is 26.7 Å². The molecule has 0 saturated heterocycles. The molecular weight excluding hydrogens is 268 g/mol. The molecule has 0 spiro atoms. The summed E-state index contributed by atoms with van der Waals surface area (Å²) in [5, 5.41) is 4.53. The first-order chi connectivity index (χ1) is 7.76. The van der Waals surface area contributed by atoms with Gasteiger partial charge in [0.1, 0.15) is 6.33 Å². The van der Waals surface area contributed by atoms with Crippen molar-refractivity contribution in [3.05, 3.63) is 34.5 Å². The fourth-order valence-corrected chi connectivity index (χ4v) is 1.93. The van der Waals surface area contributed by atoms with Gasteiger partial charge in [-0.25, -0.2) is 14.6 Å². The van der Waals surface area contributed by atoms with Gasteiger partial charge in [-0.15, -0.1) is 0 Å². The van der Waals surface area contributed by atoms with Crippen LogP contribution < -0.4 is 0 Å². The van der Waals surface area contributed by atoms with Crippen molar-refractivity contribution < 1.29 is 0 Å². The van der Waals surface area contributed by atoms with E-state index in [1.54, 1.807) is 6.20 Å². The van der Waals surface area contributed by atoms with Crippen LogP contribution in [0.25, 0.3) is 5.82 Å². The Bertz CT molecular complexity index is 492. The minimum absolute atomic E-state index is 0.798. The summed E-state index contributed by atoms with van der Waals surface area (Å²) in [6, 6.07) is 2.12. The summed E-state index contributed by atoms with van der Waals surface area (Å²) >= 11 is 3.44. The highest BCUT2D eigenvalue weighted by Gasteiger charge is 2.10. The lowest BCUT2D eigenvalue weighted by atomic mass is 10.2. The molecule has 4 nitrogen and oxygen atoms in total. The van der Waals surface area contributed by atoms with Crippen LogP contribution in [-0.4, -0.2) is 19.7 Å². The minimum atomic E-state index is 0.798. The van der Waals surface area contributed by atoms with Crippen molar-refractivity contribution in [3.8, 4) is 5.82 Å². The fourth-order valence-electron chi connectivity index (χ4n) is 1.55. The van der Waals surface area contributed by atoms with Crippen LogP contribution in [0, 0.1) is 0 Å². The summed E-state index contributed by atoms with van der Waals surface area (Å²) in [5.74, 6) is 0.798. The van der Waals surface area contributed by atoms with Gasteiger partial charge in [0.2, 0.25) is 0 Å². The monoisotopic (exact) mass is 280 g/mol. The van der Waals surface area contributed by atoms with Crippen LogP contribution in [0.3, 0.4) is 0 Å². The fraction of sp³-hybridized carbons (Fsp3) is 0.364. The van der Waals surface area contributed by atoms with E-state index in [0.29, 0.717) is 0 Å². The molecule has 2 aromatic heterocycles. The lowest BCUT2D eigenvalue weighted by Gasteiger charge is -2.05. The van der Waals surface area contributed by atoms with Crippen LogP contribution in [0.4, 0.5) is 0 Å². The van der Waals surface area contributed by atoms with Gasteiger partial charge in [-0.2, -0.15) is 5.10 Å². The lowest BCUT2D eigenvalue weighted by Crippen LogP contribution is -2.05. The van der Waals surface area contributed by atoms with E-state index in [4.69, 9.17) is 0 Å². The molecule has 16 heavy (non-hydrogen) atoms. The molecule has 0 aliphatic carbocycles. The molecule has 0 N–H and O–H groups in total. The maximum absolute atomic E-state index is 4.53. The number of halogens is 1. The normalized spacial score (nSPS) is 10.7. The predicted octanol–water partition coefficient (Wildman–Crippen LogP) is 2.55. The van der Waals surface area contributed by atoms with Crippen LogP contribution in [-0.2, 0) is 12.8 Å². The van der Waals surface area contributed by atoms with E-state index in [1.807, 2.05) is 4.68 Å². The van der Waals surface area contributed by atoms with Crippen LogP contribution >= 0.6 is 15.9 Å². The molecule has 0 amide bonds. The zero-order valence-electron chi connectivity index (χ0n) is 9.31. The molecule has 0 bridgehead atoms. The molecule has 0 aliphatic heterocycles. The Morgan fingerprint density at radius 1 is 1.31 bits per heavy atom. The van der Waals surface area contributed by atoms with Gasteiger partial charge in [-0.1, -0.05) is 13.8 Å². The molecule has 0 fully saturated rings. The van der Waals surface area contributed by atoms with Crippen molar-refractivity contribution in [1.29, 1.82) is 0 Å². The first kappa shape index (κ1) is 11.3. The molecule has 2 heterocycles. The summed E-state index contributed by atoms with van der Waals surface area (Å²) in [4.78, 5) is 8.20. The van der Waals surface area contributed by atoms with E-state index in [2.05, 4.69) is 50.9 Å². The number of aromatic nitrogens is 4. The van der Waals surface area contributed by atoms with Crippen LogP contribution in [0.15, 0.2) is 23.1 Å². The van der Waals surface area contributed by atoms with Gasteiger partial charge in [-0.3, -0.25) is 0 Å². The third-order valence-corrected chi connectivity index (χ3v) is 2.97. The van der Waals surface area contributed by atoms with Gasteiger partial charge < -0.3 is 0 Å². The molecule has 0 unspecified atom stereocenters. The Kier molecular flexibility index (Phi) is 3.33. The Labute approximate surface area is 103 Å². The van der Waals surface area contributed by atoms with E-state index in [1.165, 1.54) is 6.33 Å². The van der Waals surface area contributed by atoms with Gasteiger partial charge >= 0.3 is 0 Å². The molecule has 84 valence electrons. The molecule has 5 heteroatoms. The minimum Gasteiger partial charge on any atom is -0.243 e. The zero-order chi connectivity index (χ0) is 11.5. The van der Waals surface area contributed by atoms with E-state index >= 15 is 0 Å². The second-order valence-electron chi connectivity index (χ2n) is 3.44. The Hall–Kier alpha value is -1.23. The third kappa shape index (κ3) is 2.00. The first-order valence-electron chi connectivity index (χ1n) is 5.30. The first-order valence-corrected chi connectivity index (χ1v) is 6.09. The topological polar surface area (TPSA) is 43.6 Å². The Balaban J connectivity index is 2.54. The number of aryl methyl sites for hydroxylation is 2. The van der Waals surface area contributed by atoms with Crippen LogP contribution in [0.2, 0.25) is 0 Å². The third-order valence-electron chi connectivity index (χ3n) is 2.41. The largest absolute Gasteiger partial charge is 0.243 e. The quantitative estimate of drug-likeness (QED) is 0.868. The Morgan fingerprint density at radius 2 is 2.12 bits per heavy atom. The van der Waals surface area contributed by atoms with Crippen LogP contribution in [0.1, 0.15) is 25.2 Å². The number of hydrogen-bond donors (Lipinski definition) is 0. The highest BCUT2D eigenvalue weighted by atomic mass is 79.9. The maximum atomic E-state index is 4.53. The van der Waals surface area contributed by atoms with Crippen molar-refractivity contribution >= 4 is 15.9 Å². The summed E-state index contributed by atoms with van der Waals surface area (Å²) in [7, 11) is 0. The average molecular weight is 281 g/mol. The van der Waals surface area contributed by atoms with Crippen LogP contribution in [0.5, 0.6) is 0 Å². The van der Waals surface area contributed by atoms with Gasteiger partial charge in [0.25, 0.3) is 0 Å². The molecule has 0 atom stereocenters. The highest BCUT2D eigenvalue weighted by Crippen LogP contribution is 2.19. The zero-order valence-corrected chi connectivity index (χ0v) is 10.9. The molecule has 0 aliphatic rings. The molecule has 0 saturated carbocycles.